The van der Waals surface area contributed by atoms with Crippen molar-refractivity contribution in [2.45, 2.75) is 9.79 Å². The van der Waals surface area contributed by atoms with Crippen molar-refractivity contribution in [2.75, 3.05) is 46.6 Å². The van der Waals surface area contributed by atoms with Crippen LogP contribution in [0.2, 0.25) is 0 Å². The van der Waals surface area contributed by atoms with Gasteiger partial charge in [-0.3, -0.25) is 5.04 Å². The first-order valence-electron chi connectivity index (χ1n) is 12.5. The van der Waals surface area contributed by atoms with E-state index in [2.05, 4.69) is 41.7 Å². The smallest absolute Gasteiger partial charge is 0.744 e. The molecule has 4 aromatic rings. The number of urea groups is 1. The summed E-state index contributed by atoms with van der Waals surface area (Å²) in [6.45, 7) is 0. The van der Waals surface area contributed by atoms with Gasteiger partial charge < -0.3 is 51.6 Å². The summed E-state index contributed by atoms with van der Waals surface area (Å²) in [5.41, 5.74) is 14.7. The van der Waals surface area contributed by atoms with Crippen molar-refractivity contribution in [3.05, 3.63) is 84.9 Å². The van der Waals surface area contributed by atoms with Crippen LogP contribution in [-0.2, 0) is 19.5 Å². The number of hydrogen-bond acceptors (Lipinski definition) is 14. The summed E-state index contributed by atoms with van der Waals surface area (Å²) >= 11 is 0.768. The van der Waals surface area contributed by atoms with Gasteiger partial charge >= 0.3 is 65.1 Å². The summed E-state index contributed by atoms with van der Waals surface area (Å²) in [5.74, 6) is 0.707. The topological polar surface area (TPSA) is 206 Å². The molecule has 0 atom stereocenters. The Kier molecular flexibility index (Phi) is 16.3. The molecule has 0 saturated carbocycles. The van der Waals surface area contributed by atoms with Crippen molar-refractivity contribution in [3.8, 4) is 11.5 Å². The zero-order valence-corrected chi connectivity index (χ0v) is 30.7. The van der Waals surface area contributed by atoms with E-state index < -0.39 is 16.1 Å². The van der Waals surface area contributed by atoms with Gasteiger partial charge in [-0.05, 0) is 60.7 Å². The Morgan fingerprint density at radius 3 is 1.65 bits per heavy atom. The van der Waals surface area contributed by atoms with E-state index in [1.165, 1.54) is 32.4 Å². The minimum Gasteiger partial charge on any atom is -0.744 e. The van der Waals surface area contributed by atoms with Crippen LogP contribution in [0.1, 0.15) is 0 Å². The number of anilines is 6. The molecule has 0 fully saturated rings. The van der Waals surface area contributed by atoms with Gasteiger partial charge in [0.2, 0.25) is 0 Å². The summed E-state index contributed by atoms with van der Waals surface area (Å²) in [4.78, 5) is 13.1. The zero-order valence-electron chi connectivity index (χ0n) is 25.1. The molecule has 15 nitrogen and oxygen atoms in total. The fourth-order valence-corrected chi connectivity index (χ4v) is 4.65. The molecule has 4 rings (SSSR count). The van der Waals surface area contributed by atoms with Crippen LogP contribution in [0.25, 0.3) is 0 Å². The molecule has 232 valence electrons. The number of methoxy groups -OCH3 is 2. The van der Waals surface area contributed by atoms with Crippen LogP contribution in [0, 0.1) is 0 Å². The van der Waals surface area contributed by atoms with E-state index in [0.29, 0.717) is 50.5 Å². The van der Waals surface area contributed by atoms with Crippen molar-refractivity contribution in [1.82, 2.24) is 0 Å². The molecule has 0 saturated heterocycles. The minimum atomic E-state index is -4.60. The zero-order chi connectivity index (χ0) is 31.5. The average molecular weight is 689 g/mol. The predicted molar refractivity (Wildman–Crippen MR) is 162 cm³/mol. The molecule has 0 spiro atoms. The van der Waals surface area contributed by atoms with Crippen molar-refractivity contribution in [2.24, 2.45) is 0 Å². The van der Waals surface area contributed by atoms with E-state index in [9.17, 15) is 23.0 Å². The maximum atomic E-state index is 12.8. The Hall–Kier alpha value is -2.91. The normalized spacial score (nSPS) is 10.3. The molecule has 0 aliphatic heterocycles. The van der Waals surface area contributed by atoms with E-state index in [0.717, 1.165) is 12.0 Å². The van der Waals surface area contributed by atoms with Crippen molar-refractivity contribution < 1.29 is 101 Å². The fourth-order valence-electron chi connectivity index (χ4n) is 3.72. The Morgan fingerprint density at radius 2 is 1.17 bits per heavy atom. The number of nitrogens with one attached hydrogen (secondary N) is 6. The first-order valence-corrected chi connectivity index (χ1v) is 14.6. The van der Waals surface area contributed by atoms with Crippen LogP contribution in [-0.4, -0.2) is 33.2 Å². The Morgan fingerprint density at radius 1 is 0.696 bits per heavy atom. The number of carbonyl (C=O) groups excluding carboxylic acids is 1. The first kappa shape index (κ1) is 39.3. The molecular weight excluding hydrogens is 662 g/mol. The monoisotopic (exact) mass is 688 g/mol. The number of rotatable bonds is 14. The second kappa shape index (κ2) is 19.0. The van der Waals surface area contributed by atoms with Crippen LogP contribution in [0.3, 0.4) is 0 Å². The second-order valence-corrected chi connectivity index (χ2v) is 10.8. The molecule has 0 unspecified atom stereocenters. The van der Waals surface area contributed by atoms with Gasteiger partial charge in [-0.2, -0.15) is 4.33 Å². The summed E-state index contributed by atoms with van der Waals surface area (Å²) in [6.07, 6.45) is 0. The molecule has 0 aliphatic rings. The van der Waals surface area contributed by atoms with E-state index in [-0.39, 0.29) is 64.0 Å². The molecule has 4 aromatic carbocycles. The third kappa shape index (κ3) is 11.7. The number of carbonyl (C=O) groups is 1. The number of amides is 2. The van der Waals surface area contributed by atoms with Gasteiger partial charge in [0.1, 0.15) is 21.6 Å². The van der Waals surface area contributed by atoms with Crippen LogP contribution in [0.5, 0.6) is 11.5 Å². The van der Waals surface area contributed by atoms with Gasteiger partial charge in [-0.15, -0.1) is 0 Å². The predicted octanol–water partition coefficient (Wildman–Crippen LogP) is -1.63. The molecular formula is C27H26N6Na2O9S2. The number of hydrogen-bond donors (Lipinski definition) is 6. The van der Waals surface area contributed by atoms with Gasteiger partial charge in [-0.25, -0.2) is 13.2 Å². The molecule has 0 bridgehead atoms. The van der Waals surface area contributed by atoms with Crippen LogP contribution < -0.4 is 106 Å². The third-order valence-electron chi connectivity index (χ3n) is 5.72. The third-order valence-corrected chi connectivity index (χ3v) is 7.12. The molecule has 0 aliphatic carbocycles. The minimum absolute atomic E-state index is 0. The van der Waals surface area contributed by atoms with Gasteiger partial charge in [0.15, 0.2) is 0 Å². The van der Waals surface area contributed by atoms with Gasteiger partial charge in [0.05, 0.1) is 65.3 Å². The number of benzene rings is 4. The first-order chi connectivity index (χ1) is 21.2. The summed E-state index contributed by atoms with van der Waals surface area (Å²) in [7, 11) is -1.69. The van der Waals surface area contributed by atoms with E-state index in [4.69, 9.17) is 9.47 Å². The second-order valence-electron chi connectivity index (χ2n) is 8.64. The van der Waals surface area contributed by atoms with Gasteiger partial charge in [-0.1, -0.05) is 12.1 Å². The molecule has 0 aromatic heterocycles. The van der Waals surface area contributed by atoms with Gasteiger partial charge in [0, 0.05) is 17.0 Å². The standard InChI is InChI=1S/C27H28N6O9S2.2Na/c1-39-25-15-19(32-30-17-5-3-7-21(13-17)43-42-41-35)9-11-23(25)28-27(34)29-24-12-10-20(16-26(24)40-2)33-31-18-6-4-8-22(14-18)44(36,37)38;;/h3-16,30-33,35H,1-2H3,(H2,28,29,34)(H,36,37,38);;/q;2*+1/p-2. The molecule has 46 heavy (non-hydrogen) atoms. The molecule has 2 amide bonds. The van der Waals surface area contributed by atoms with Crippen LogP contribution in [0.4, 0.5) is 38.9 Å². The maximum absolute atomic E-state index is 12.8. The summed E-state index contributed by atoms with van der Waals surface area (Å²) in [5, 5.41) is 18.8. The van der Waals surface area contributed by atoms with Crippen LogP contribution >= 0.6 is 12.0 Å². The van der Waals surface area contributed by atoms with Crippen molar-refractivity contribution in [1.29, 1.82) is 0 Å². The Labute approximate surface area is 313 Å². The molecule has 19 heteroatoms. The SMILES string of the molecule is COc1cc(NNc2cccc(SOO[O-])c2)ccc1NC(=O)Nc1ccc(NNc2cccc(S(=O)(=O)[O-])c2)cc1OC.[Na+].[Na+]. The Balaban J connectivity index is 0.00000368. The maximum Gasteiger partial charge on any atom is 1.00 e. The fraction of sp³-hybridized carbons (Fsp3) is 0.0741. The molecule has 0 radical (unpaired) electrons. The van der Waals surface area contributed by atoms with Gasteiger partial charge in [0.25, 0.3) is 0 Å². The number of hydrazine groups is 2. The quantitative estimate of drug-likeness (QED) is 0.0289. The Bertz CT molecular complexity index is 1720. The largest absolute Gasteiger partial charge is 1.00 e. The van der Waals surface area contributed by atoms with Crippen LogP contribution in [0.15, 0.2) is 94.7 Å². The van der Waals surface area contributed by atoms with E-state index in [1.54, 1.807) is 66.7 Å². The van der Waals surface area contributed by atoms with E-state index in [1.807, 2.05) is 0 Å². The summed E-state index contributed by atoms with van der Waals surface area (Å²) < 4.78 is 48.9. The van der Waals surface area contributed by atoms with E-state index >= 15 is 0 Å². The van der Waals surface area contributed by atoms with Crippen molar-refractivity contribution >= 4 is 62.3 Å². The molecule has 6 N–H and O–H groups in total. The average Bonchev–Trinajstić information content (AvgIpc) is 3.02. The van der Waals surface area contributed by atoms with Crippen molar-refractivity contribution in [3.63, 3.8) is 0 Å². The molecule has 0 heterocycles. The number of ether oxygens (including phenoxy) is 2. The summed E-state index contributed by atoms with van der Waals surface area (Å²) in [6, 6.07) is 21.8.